The van der Waals surface area contributed by atoms with Crippen molar-refractivity contribution in [2.24, 2.45) is 10.7 Å². The van der Waals surface area contributed by atoms with Crippen LogP contribution in [-0.2, 0) is 39.9 Å². The normalized spacial score (nSPS) is 15.7. The van der Waals surface area contributed by atoms with Crippen LogP contribution in [0.15, 0.2) is 77.8 Å². The van der Waals surface area contributed by atoms with E-state index in [1.807, 2.05) is 60.7 Å². The monoisotopic (exact) mass is 691 g/mol. The highest BCUT2D eigenvalue weighted by Gasteiger charge is 2.40. The van der Waals surface area contributed by atoms with Gasteiger partial charge in [0.2, 0.25) is 18.1 Å². The molecular formula is C35H41N5O8S. The van der Waals surface area contributed by atoms with Crippen LogP contribution in [0.4, 0.5) is 4.79 Å². The first-order valence-electron chi connectivity index (χ1n) is 16.0. The maximum atomic E-state index is 14.4. The fourth-order valence-corrected chi connectivity index (χ4v) is 6.46. The number of carbonyl (C=O) groups excluding carboxylic acids is 5. The summed E-state index contributed by atoms with van der Waals surface area (Å²) >= 11 is 1.22. The summed E-state index contributed by atoms with van der Waals surface area (Å²) < 4.78 is 14.8. The van der Waals surface area contributed by atoms with Crippen molar-refractivity contribution >= 4 is 47.0 Å². The SMILES string of the molecule is CCOC(=O)CN[C@@H](C(=O)N1CCC[C@H]1C(=O)NCc1ccc(/C(N)=N/C(=O)OC(C)OC(C)=O)s1)C(c1ccccc1)c1ccccc1. The molecule has 0 radical (unpaired) electrons. The van der Waals surface area contributed by atoms with Gasteiger partial charge in [0.1, 0.15) is 11.9 Å². The third kappa shape index (κ3) is 10.5. The molecule has 13 nitrogen and oxygen atoms in total. The van der Waals surface area contributed by atoms with Crippen LogP contribution in [0.2, 0.25) is 0 Å². The Bertz CT molecular complexity index is 1590. The molecule has 4 rings (SSSR count). The number of amidine groups is 1. The van der Waals surface area contributed by atoms with Crippen molar-refractivity contribution in [3.05, 3.63) is 93.7 Å². The lowest BCUT2D eigenvalue weighted by atomic mass is 9.84. The van der Waals surface area contributed by atoms with Gasteiger partial charge in [-0.3, -0.25) is 24.5 Å². The minimum atomic E-state index is -1.12. The van der Waals surface area contributed by atoms with Crippen molar-refractivity contribution in [3.8, 4) is 0 Å². The number of ether oxygens (including phenoxy) is 3. The number of nitrogens with one attached hydrogen (secondary N) is 2. The zero-order chi connectivity index (χ0) is 35.3. The molecule has 3 atom stereocenters. The van der Waals surface area contributed by atoms with E-state index in [9.17, 15) is 24.0 Å². The Morgan fingerprint density at radius 2 is 1.63 bits per heavy atom. The first-order chi connectivity index (χ1) is 23.6. The number of esters is 2. The van der Waals surface area contributed by atoms with Crippen LogP contribution in [0.5, 0.6) is 0 Å². The molecule has 0 spiro atoms. The van der Waals surface area contributed by atoms with Crippen molar-refractivity contribution in [1.82, 2.24) is 15.5 Å². The minimum Gasteiger partial charge on any atom is -0.465 e. The fraction of sp³-hybridized carbons (Fsp3) is 0.371. The summed E-state index contributed by atoms with van der Waals surface area (Å²) in [6.45, 7) is 4.85. The molecule has 260 valence electrons. The van der Waals surface area contributed by atoms with Crippen molar-refractivity contribution in [2.75, 3.05) is 19.7 Å². The predicted octanol–water partition coefficient (Wildman–Crippen LogP) is 3.46. The van der Waals surface area contributed by atoms with E-state index in [2.05, 4.69) is 15.6 Å². The Morgan fingerprint density at radius 3 is 2.24 bits per heavy atom. The molecular weight excluding hydrogens is 650 g/mol. The van der Waals surface area contributed by atoms with Crippen LogP contribution in [0, 0.1) is 0 Å². The van der Waals surface area contributed by atoms with Crippen LogP contribution in [0.3, 0.4) is 0 Å². The molecule has 0 bridgehead atoms. The van der Waals surface area contributed by atoms with Crippen LogP contribution in [0.25, 0.3) is 0 Å². The molecule has 0 aliphatic carbocycles. The third-order valence-corrected chi connectivity index (χ3v) is 8.80. The summed E-state index contributed by atoms with van der Waals surface area (Å²) in [6.07, 6.45) is -1.02. The van der Waals surface area contributed by atoms with Gasteiger partial charge >= 0.3 is 18.0 Å². The third-order valence-electron chi connectivity index (χ3n) is 7.69. The van der Waals surface area contributed by atoms with Gasteiger partial charge in [0, 0.05) is 31.2 Å². The number of rotatable bonds is 14. The number of carbonyl (C=O) groups is 5. The van der Waals surface area contributed by atoms with Crippen molar-refractivity contribution in [2.45, 2.75) is 64.4 Å². The van der Waals surface area contributed by atoms with Crippen LogP contribution in [0.1, 0.15) is 60.4 Å². The summed E-state index contributed by atoms with van der Waals surface area (Å²) in [7, 11) is 0. The molecule has 4 N–H and O–H groups in total. The minimum absolute atomic E-state index is 0.0945. The lowest BCUT2D eigenvalue weighted by Gasteiger charge is -2.33. The number of hydrogen-bond donors (Lipinski definition) is 3. The second-order valence-electron chi connectivity index (χ2n) is 11.2. The van der Waals surface area contributed by atoms with Crippen molar-refractivity contribution < 1.29 is 38.2 Å². The molecule has 3 amide bonds. The fourth-order valence-electron chi connectivity index (χ4n) is 5.62. The number of nitrogens with two attached hydrogens (primary N) is 1. The Kier molecular flexibility index (Phi) is 13.4. The Labute approximate surface area is 288 Å². The maximum absolute atomic E-state index is 14.4. The van der Waals surface area contributed by atoms with Gasteiger partial charge in [-0.1, -0.05) is 60.7 Å². The highest BCUT2D eigenvalue weighted by atomic mass is 32.1. The summed E-state index contributed by atoms with van der Waals surface area (Å²) in [5.74, 6) is -2.25. The van der Waals surface area contributed by atoms with E-state index >= 15 is 0 Å². The molecule has 0 saturated carbocycles. The largest absolute Gasteiger partial charge is 0.465 e. The maximum Gasteiger partial charge on any atom is 0.438 e. The molecule has 2 heterocycles. The van der Waals surface area contributed by atoms with Crippen LogP contribution in [-0.4, -0.2) is 78.7 Å². The van der Waals surface area contributed by atoms with Gasteiger partial charge in [-0.25, -0.2) is 4.79 Å². The Hall–Kier alpha value is -5.08. The van der Waals surface area contributed by atoms with E-state index in [1.165, 1.54) is 25.2 Å². The van der Waals surface area contributed by atoms with Crippen molar-refractivity contribution in [1.29, 1.82) is 0 Å². The van der Waals surface area contributed by atoms with Crippen LogP contribution < -0.4 is 16.4 Å². The molecule has 1 unspecified atom stereocenters. The second kappa shape index (κ2) is 17.9. The number of likely N-dealkylation sites (tertiary alicyclic amines) is 1. The molecule has 1 aromatic heterocycles. The molecule has 1 aliphatic rings. The zero-order valence-corrected chi connectivity index (χ0v) is 28.4. The van der Waals surface area contributed by atoms with Gasteiger partial charge < -0.3 is 30.2 Å². The van der Waals surface area contributed by atoms with E-state index in [4.69, 9.17) is 19.9 Å². The molecule has 1 saturated heterocycles. The van der Waals surface area contributed by atoms with Gasteiger partial charge in [0.15, 0.2) is 0 Å². The smallest absolute Gasteiger partial charge is 0.438 e. The number of hydrogen-bond acceptors (Lipinski definition) is 10. The number of benzene rings is 2. The number of nitrogens with zero attached hydrogens (tertiary/aromatic N) is 2. The zero-order valence-electron chi connectivity index (χ0n) is 27.6. The molecule has 1 aliphatic heterocycles. The average Bonchev–Trinajstić information content (AvgIpc) is 3.76. The summed E-state index contributed by atoms with van der Waals surface area (Å²) in [5, 5.41) is 6.09. The van der Waals surface area contributed by atoms with Gasteiger partial charge in [-0.15, -0.1) is 11.3 Å². The van der Waals surface area contributed by atoms with E-state index in [-0.39, 0.29) is 37.3 Å². The van der Waals surface area contributed by atoms with E-state index < -0.39 is 42.3 Å². The highest BCUT2D eigenvalue weighted by molar-refractivity contribution is 7.14. The van der Waals surface area contributed by atoms with Crippen molar-refractivity contribution in [3.63, 3.8) is 0 Å². The molecule has 1 fully saturated rings. The number of aliphatic imine (C=N–C) groups is 1. The molecule has 2 aromatic carbocycles. The van der Waals surface area contributed by atoms with E-state index in [1.54, 1.807) is 24.0 Å². The lowest BCUT2D eigenvalue weighted by molar-refractivity contribution is -0.161. The van der Waals surface area contributed by atoms with Gasteiger partial charge in [0.05, 0.1) is 30.6 Å². The Balaban J connectivity index is 1.47. The molecule has 14 heteroatoms. The van der Waals surface area contributed by atoms with E-state index in [0.29, 0.717) is 24.3 Å². The predicted molar refractivity (Wildman–Crippen MR) is 182 cm³/mol. The lowest BCUT2D eigenvalue weighted by Crippen LogP contribution is -2.55. The summed E-state index contributed by atoms with van der Waals surface area (Å²) in [6, 6.07) is 21.0. The quantitative estimate of drug-likeness (QED) is 0.0982. The standard InChI is InChI=1S/C35H41N5O8S/c1-4-46-29(42)21-37-31(30(24-12-7-5-8-13-24)25-14-9-6-10-15-25)34(44)40-19-11-16-27(40)33(43)38-20-26-17-18-28(49-26)32(36)39-35(45)48-23(3)47-22(2)41/h5-10,12-15,17-18,23,27,30-31,37H,4,11,16,19-21H2,1-3H3,(H,38,43)(H2,36,39,45)/t23?,27-,31+/m0/s1. The number of thiophene rings is 1. The summed E-state index contributed by atoms with van der Waals surface area (Å²) in [5.41, 5.74) is 7.74. The summed E-state index contributed by atoms with van der Waals surface area (Å²) in [4.78, 5) is 69.9. The van der Waals surface area contributed by atoms with E-state index in [0.717, 1.165) is 16.0 Å². The second-order valence-corrected chi connectivity index (χ2v) is 12.4. The van der Waals surface area contributed by atoms with Crippen LogP contribution >= 0.6 is 11.3 Å². The van der Waals surface area contributed by atoms with Gasteiger partial charge in [-0.05, 0) is 43.0 Å². The number of amides is 3. The Morgan fingerprint density at radius 1 is 0.980 bits per heavy atom. The topological polar surface area (TPSA) is 179 Å². The molecule has 3 aromatic rings. The van der Waals surface area contributed by atoms with Gasteiger partial charge in [0.25, 0.3) is 0 Å². The molecule has 49 heavy (non-hydrogen) atoms. The first kappa shape index (κ1) is 36.8. The van der Waals surface area contributed by atoms with Gasteiger partial charge in [-0.2, -0.15) is 4.99 Å². The highest BCUT2D eigenvalue weighted by Crippen LogP contribution is 2.31. The first-order valence-corrected chi connectivity index (χ1v) is 16.8. The average molecular weight is 692 g/mol.